The Labute approximate surface area is 98.6 Å². The third-order valence-corrected chi connectivity index (χ3v) is 3.17. The van der Waals surface area contributed by atoms with Gasteiger partial charge in [-0.05, 0) is 32.6 Å². The minimum Gasteiger partial charge on any atom is -0.389 e. The summed E-state index contributed by atoms with van der Waals surface area (Å²) in [6.45, 7) is 3.76. The zero-order chi connectivity index (χ0) is 12.0. The molecule has 0 heterocycles. The molecule has 0 spiro atoms. The van der Waals surface area contributed by atoms with Crippen molar-refractivity contribution in [3.05, 3.63) is 0 Å². The van der Waals surface area contributed by atoms with Crippen LogP contribution in [-0.2, 0) is 4.79 Å². The summed E-state index contributed by atoms with van der Waals surface area (Å²) >= 11 is 0. The number of nitrogens with one attached hydrogen (secondary N) is 1. The zero-order valence-corrected chi connectivity index (χ0v) is 10.6. The Morgan fingerprint density at radius 1 is 1.25 bits per heavy atom. The molecule has 1 fully saturated rings. The molecule has 94 valence electrons. The predicted octanol–water partition coefficient (Wildman–Crippen LogP) is 2.23. The van der Waals surface area contributed by atoms with Crippen LogP contribution in [0.25, 0.3) is 0 Å². The number of amides is 1. The molecule has 0 aromatic carbocycles. The van der Waals surface area contributed by atoms with E-state index in [0.717, 1.165) is 0 Å². The Hall–Kier alpha value is -0.570. The van der Waals surface area contributed by atoms with Crippen molar-refractivity contribution in [1.29, 1.82) is 0 Å². The lowest BCUT2D eigenvalue weighted by Gasteiger charge is -2.19. The fourth-order valence-corrected chi connectivity index (χ4v) is 2.22. The summed E-state index contributed by atoms with van der Waals surface area (Å²) < 4.78 is 0. The van der Waals surface area contributed by atoms with Gasteiger partial charge in [-0.25, -0.2) is 0 Å². The normalized spacial score (nSPS) is 19.2. The van der Waals surface area contributed by atoms with Crippen LogP contribution in [-0.4, -0.2) is 23.2 Å². The largest absolute Gasteiger partial charge is 0.389 e. The van der Waals surface area contributed by atoms with Crippen LogP contribution in [0.1, 0.15) is 58.8 Å². The molecule has 1 aliphatic carbocycles. The van der Waals surface area contributed by atoms with Gasteiger partial charge >= 0.3 is 0 Å². The SMILES string of the molecule is CC(C)(O)CNC(=O)CC1CCCCCC1. The van der Waals surface area contributed by atoms with Gasteiger partial charge in [-0.15, -0.1) is 0 Å². The number of rotatable bonds is 4. The average Bonchev–Trinajstić information content (AvgIpc) is 2.42. The van der Waals surface area contributed by atoms with Crippen molar-refractivity contribution < 1.29 is 9.90 Å². The molecule has 0 bridgehead atoms. The van der Waals surface area contributed by atoms with E-state index in [9.17, 15) is 9.90 Å². The highest BCUT2D eigenvalue weighted by molar-refractivity contribution is 5.76. The standard InChI is InChI=1S/C13H25NO2/c1-13(2,16)10-14-12(15)9-11-7-5-3-4-6-8-11/h11,16H,3-10H2,1-2H3,(H,14,15). The van der Waals surface area contributed by atoms with Gasteiger partial charge in [-0.3, -0.25) is 4.79 Å². The first-order valence-electron chi connectivity index (χ1n) is 6.46. The van der Waals surface area contributed by atoms with E-state index in [-0.39, 0.29) is 5.91 Å². The Kier molecular flexibility index (Phi) is 5.26. The van der Waals surface area contributed by atoms with E-state index in [1.54, 1.807) is 13.8 Å². The molecule has 3 nitrogen and oxygen atoms in total. The lowest BCUT2D eigenvalue weighted by molar-refractivity contribution is -0.123. The zero-order valence-electron chi connectivity index (χ0n) is 10.6. The maximum Gasteiger partial charge on any atom is 0.220 e. The predicted molar refractivity (Wildman–Crippen MR) is 65.1 cm³/mol. The molecule has 1 amide bonds. The van der Waals surface area contributed by atoms with E-state index in [1.807, 2.05) is 0 Å². The van der Waals surface area contributed by atoms with Gasteiger partial charge in [0, 0.05) is 13.0 Å². The van der Waals surface area contributed by atoms with Crippen molar-refractivity contribution in [2.24, 2.45) is 5.92 Å². The number of aliphatic hydroxyl groups is 1. The van der Waals surface area contributed by atoms with E-state index in [1.165, 1.54) is 38.5 Å². The van der Waals surface area contributed by atoms with Crippen molar-refractivity contribution in [2.45, 2.75) is 64.4 Å². The highest BCUT2D eigenvalue weighted by Crippen LogP contribution is 2.25. The minimum atomic E-state index is -0.806. The van der Waals surface area contributed by atoms with Crippen LogP contribution in [0, 0.1) is 5.92 Å². The summed E-state index contributed by atoms with van der Waals surface area (Å²) in [6.07, 6.45) is 8.19. The number of carbonyl (C=O) groups excluding carboxylic acids is 1. The molecule has 1 aliphatic rings. The van der Waals surface area contributed by atoms with E-state index in [2.05, 4.69) is 5.32 Å². The first-order chi connectivity index (χ1) is 7.47. The molecule has 0 aromatic rings. The summed E-state index contributed by atoms with van der Waals surface area (Å²) in [5.74, 6) is 0.651. The fourth-order valence-electron chi connectivity index (χ4n) is 2.22. The van der Waals surface area contributed by atoms with E-state index in [4.69, 9.17) is 0 Å². The maximum absolute atomic E-state index is 11.6. The molecular weight excluding hydrogens is 202 g/mol. The van der Waals surface area contributed by atoms with Crippen molar-refractivity contribution >= 4 is 5.91 Å². The number of carbonyl (C=O) groups is 1. The van der Waals surface area contributed by atoms with Crippen molar-refractivity contribution in [1.82, 2.24) is 5.32 Å². The minimum absolute atomic E-state index is 0.0917. The van der Waals surface area contributed by atoms with Crippen molar-refractivity contribution in [3.8, 4) is 0 Å². The van der Waals surface area contributed by atoms with Gasteiger partial charge in [-0.1, -0.05) is 25.7 Å². The van der Waals surface area contributed by atoms with Crippen LogP contribution in [0.15, 0.2) is 0 Å². The molecule has 0 aromatic heterocycles. The fraction of sp³-hybridized carbons (Fsp3) is 0.923. The van der Waals surface area contributed by atoms with Gasteiger partial charge in [0.2, 0.25) is 5.91 Å². The van der Waals surface area contributed by atoms with Gasteiger partial charge in [-0.2, -0.15) is 0 Å². The molecule has 2 N–H and O–H groups in total. The van der Waals surface area contributed by atoms with Gasteiger partial charge in [0.1, 0.15) is 0 Å². The first kappa shape index (κ1) is 13.5. The summed E-state index contributed by atoms with van der Waals surface area (Å²) in [5, 5.41) is 12.3. The van der Waals surface area contributed by atoms with Gasteiger partial charge in [0.25, 0.3) is 0 Å². The third-order valence-electron chi connectivity index (χ3n) is 3.17. The topological polar surface area (TPSA) is 49.3 Å². The molecular formula is C13H25NO2. The lowest BCUT2D eigenvalue weighted by Crippen LogP contribution is -2.38. The molecule has 16 heavy (non-hydrogen) atoms. The van der Waals surface area contributed by atoms with Crippen LogP contribution in [0.5, 0.6) is 0 Å². The monoisotopic (exact) mass is 227 g/mol. The molecule has 1 saturated carbocycles. The van der Waals surface area contributed by atoms with Crippen LogP contribution in [0.2, 0.25) is 0 Å². The van der Waals surface area contributed by atoms with Crippen LogP contribution < -0.4 is 5.32 Å². The van der Waals surface area contributed by atoms with E-state index in [0.29, 0.717) is 18.9 Å². The lowest BCUT2D eigenvalue weighted by atomic mass is 9.96. The number of hydrogen-bond acceptors (Lipinski definition) is 2. The Bertz CT molecular complexity index is 212. The molecule has 3 heteroatoms. The second-order valence-electron chi connectivity index (χ2n) is 5.65. The van der Waals surface area contributed by atoms with E-state index >= 15 is 0 Å². The van der Waals surface area contributed by atoms with Crippen LogP contribution in [0.3, 0.4) is 0 Å². The summed E-state index contributed by atoms with van der Waals surface area (Å²) in [7, 11) is 0. The van der Waals surface area contributed by atoms with Gasteiger partial charge < -0.3 is 10.4 Å². The second kappa shape index (κ2) is 6.24. The second-order valence-corrected chi connectivity index (χ2v) is 5.65. The average molecular weight is 227 g/mol. The molecule has 0 radical (unpaired) electrons. The number of hydrogen-bond donors (Lipinski definition) is 2. The highest BCUT2D eigenvalue weighted by Gasteiger charge is 2.18. The molecule has 1 rings (SSSR count). The smallest absolute Gasteiger partial charge is 0.220 e. The molecule has 0 aliphatic heterocycles. The molecule has 0 unspecified atom stereocenters. The Balaban J connectivity index is 2.22. The third kappa shape index (κ3) is 6.11. The van der Waals surface area contributed by atoms with Crippen molar-refractivity contribution in [2.75, 3.05) is 6.54 Å². The van der Waals surface area contributed by atoms with Gasteiger partial charge in [0.05, 0.1) is 5.60 Å². The summed E-state index contributed by atoms with van der Waals surface area (Å²) in [4.78, 5) is 11.6. The Morgan fingerprint density at radius 3 is 2.31 bits per heavy atom. The summed E-state index contributed by atoms with van der Waals surface area (Å²) in [5.41, 5.74) is -0.806. The molecule has 0 atom stereocenters. The molecule has 0 saturated heterocycles. The highest BCUT2D eigenvalue weighted by atomic mass is 16.3. The Morgan fingerprint density at radius 2 is 1.81 bits per heavy atom. The first-order valence-corrected chi connectivity index (χ1v) is 6.46. The maximum atomic E-state index is 11.6. The van der Waals surface area contributed by atoms with Gasteiger partial charge in [0.15, 0.2) is 0 Å². The quantitative estimate of drug-likeness (QED) is 0.724. The summed E-state index contributed by atoms with van der Waals surface area (Å²) in [6, 6.07) is 0. The van der Waals surface area contributed by atoms with Crippen LogP contribution >= 0.6 is 0 Å². The van der Waals surface area contributed by atoms with Crippen LogP contribution in [0.4, 0.5) is 0 Å². The van der Waals surface area contributed by atoms with E-state index < -0.39 is 5.60 Å². The van der Waals surface area contributed by atoms with Crippen molar-refractivity contribution in [3.63, 3.8) is 0 Å².